The number of alkyl halides is 1. The number of phenolic OH excluding ortho intramolecular Hbond substituents is 1. The maximum Gasteiger partial charge on any atom is 0.161 e. The molecule has 29 heavy (non-hydrogen) atoms. The number of hydrogen-bond acceptors (Lipinski definition) is 3. The second kappa shape index (κ2) is 6.83. The fourth-order valence-corrected chi connectivity index (χ4v) is 6.89. The summed E-state index contributed by atoms with van der Waals surface area (Å²) in [6, 6.07) is 5.60. The van der Waals surface area contributed by atoms with E-state index < -0.39 is 25.3 Å². The van der Waals surface area contributed by atoms with Crippen molar-refractivity contribution in [2.75, 3.05) is 7.11 Å². The van der Waals surface area contributed by atoms with Crippen LogP contribution in [0, 0.1) is 28.7 Å². The minimum atomic E-state index is -1.75. The van der Waals surface area contributed by atoms with Crippen LogP contribution in [-0.4, -0.2) is 43.3 Å². The average Bonchev–Trinajstić information content (AvgIpc) is 2.85. The zero-order valence-corrected chi connectivity index (χ0v) is 19.1. The molecule has 2 fully saturated rings. The highest BCUT2D eigenvalue weighted by molar-refractivity contribution is 6.83. The van der Waals surface area contributed by atoms with E-state index in [4.69, 9.17) is 4.74 Å². The molecule has 3 aliphatic rings. The Bertz CT molecular complexity index is 869. The summed E-state index contributed by atoms with van der Waals surface area (Å²) in [5, 5.41) is 21.5. The number of aromatic hydroxyl groups is 1. The van der Waals surface area contributed by atoms with Crippen LogP contribution in [-0.2, 0) is 11.2 Å². The predicted octanol–water partition coefficient (Wildman–Crippen LogP) is 4.43. The lowest BCUT2D eigenvalue weighted by molar-refractivity contribution is -0.126. The van der Waals surface area contributed by atoms with Crippen molar-refractivity contribution in [1.82, 2.24) is 0 Å². The van der Waals surface area contributed by atoms with Gasteiger partial charge in [0.2, 0.25) is 0 Å². The molecule has 158 valence electrons. The van der Waals surface area contributed by atoms with Crippen molar-refractivity contribution >= 4 is 8.07 Å². The molecular formula is C24H33FO3Si. The number of halogens is 1. The van der Waals surface area contributed by atoms with E-state index in [1.807, 2.05) is 19.1 Å². The van der Waals surface area contributed by atoms with Gasteiger partial charge in [-0.15, -0.1) is 5.54 Å². The van der Waals surface area contributed by atoms with Gasteiger partial charge < -0.3 is 14.9 Å². The van der Waals surface area contributed by atoms with Gasteiger partial charge in [0, 0.05) is 18.4 Å². The van der Waals surface area contributed by atoms with Crippen LogP contribution in [0.25, 0.3) is 0 Å². The van der Waals surface area contributed by atoms with E-state index in [1.165, 1.54) is 11.1 Å². The number of fused-ring (bicyclic) bond motifs is 5. The van der Waals surface area contributed by atoms with Gasteiger partial charge >= 0.3 is 0 Å². The first-order valence-electron chi connectivity index (χ1n) is 10.8. The first kappa shape index (κ1) is 20.9. The van der Waals surface area contributed by atoms with Crippen LogP contribution in [0.15, 0.2) is 18.2 Å². The lowest BCUT2D eigenvalue weighted by Gasteiger charge is -2.54. The normalized spacial score (nSPS) is 41.0. The van der Waals surface area contributed by atoms with E-state index in [2.05, 4.69) is 31.1 Å². The second-order valence-corrected chi connectivity index (χ2v) is 15.3. The molecule has 2 N–H and O–H groups in total. The van der Waals surface area contributed by atoms with Crippen LogP contribution in [0.1, 0.15) is 43.2 Å². The third-order valence-corrected chi connectivity index (χ3v) is 8.65. The standard InChI is InChI=1S/C24H33FO3Si/c1-23-14-20(28-2)22-17-9-7-16(26)12-15(17)6-8-18(22)19(23)13-21(25)24(23,27)10-11-29(3,4)5/h7,9,12,18-22,26-27H,6,8,13-14H2,1-5H3/t18-,19-,20-,21-,22+,23-,24-/m0/s1. The Balaban J connectivity index is 1.78. The third kappa shape index (κ3) is 3.15. The summed E-state index contributed by atoms with van der Waals surface area (Å²) >= 11 is 0. The Hall–Kier alpha value is -1.35. The second-order valence-electron chi connectivity index (χ2n) is 10.6. The van der Waals surface area contributed by atoms with Crippen molar-refractivity contribution in [2.24, 2.45) is 17.3 Å². The van der Waals surface area contributed by atoms with Gasteiger partial charge in [-0.05, 0) is 60.8 Å². The molecule has 3 aliphatic carbocycles. The van der Waals surface area contributed by atoms with Crippen molar-refractivity contribution in [3.05, 3.63) is 29.3 Å². The number of methoxy groups -OCH3 is 1. The van der Waals surface area contributed by atoms with Crippen molar-refractivity contribution in [3.8, 4) is 17.2 Å². The molecule has 0 radical (unpaired) electrons. The van der Waals surface area contributed by atoms with Gasteiger partial charge in [0.15, 0.2) is 5.60 Å². The van der Waals surface area contributed by atoms with Crippen LogP contribution in [0.5, 0.6) is 5.75 Å². The number of phenols is 1. The Morgan fingerprint density at radius 2 is 2.00 bits per heavy atom. The first-order chi connectivity index (χ1) is 13.5. The van der Waals surface area contributed by atoms with Crippen LogP contribution >= 0.6 is 0 Å². The Labute approximate surface area is 174 Å². The summed E-state index contributed by atoms with van der Waals surface area (Å²) in [5.41, 5.74) is 3.39. The lowest BCUT2D eigenvalue weighted by atomic mass is 9.52. The van der Waals surface area contributed by atoms with Crippen molar-refractivity contribution in [3.63, 3.8) is 0 Å². The molecule has 0 aliphatic heterocycles. The van der Waals surface area contributed by atoms with Gasteiger partial charge in [-0.25, -0.2) is 4.39 Å². The lowest BCUT2D eigenvalue weighted by Crippen LogP contribution is -2.56. The highest BCUT2D eigenvalue weighted by Crippen LogP contribution is 2.65. The highest BCUT2D eigenvalue weighted by Gasteiger charge is 2.68. The van der Waals surface area contributed by atoms with E-state index in [0.717, 1.165) is 12.8 Å². The molecule has 1 aromatic carbocycles. The number of aliphatic hydroxyl groups is 1. The summed E-state index contributed by atoms with van der Waals surface area (Å²) in [5.74, 6) is 3.83. The van der Waals surface area contributed by atoms with Gasteiger partial charge in [0.05, 0.1) is 6.10 Å². The molecule has 0 aromatic heterocycles. The predicted molar refractivity (Wildman–Crippen MR) is 115 cm³/mol. The maximum absolute atomic E-state index is 15.4. The molecule has 0 spiro atoms. The van der Waals surface area contributed by atoms with E-state index in [9.17, 15) is 10.2 Å². The molecular weight excluding hydrogens is 383 g/mol. The smallest absolute Gasteiger partial charge is 0.161 e. The van der Waals surface area contributed by atoms with Crippen molar-refractivity contribution in [2.45, 2.75) is 76.0 Å². The van der Waals surface area contributed by atoms with E-state index >= 15 is 4.39 Å². The summed E-state index contributed by atoms with van der Waals surface area (Å²) in [6.07, 6.45) is 1.30. The largest absolute Gasteiger partial charge is 0.508 e. The SMILES string of the molecule is CO[C@H]1C[C@@]2(C)[C@@H](C[C@H](F)[C@@]2(O)C#C[Si](C)(C)C)[C@@H]2CCc3cc(O)ccc3[C@H]21. The van der Waals surface area contributed by atoms with Gasteiger partial charge in [-0.3, -0.25) is 0 Å². The fourth-order valence-electron chi connectivity index (χ4n) is 6.32. The molecule has 2 saturated carbocycles. The minimum absolute atomic E-state index is 0.0665. The molecule has 0 unspecified atom stereocenters. The molecule has 1 aromatic rings. The third-order valence-electron chi connectivity index (χ3n) is 7.77. The van der Waals surface area contributed by atoms with Gasteiger partial charge in [-0.1, -0.05) is 38.6 Å². The Kier molecular flexibility index (Phi) is 4.92. The number of ether oxygens (including phenoxy) is 1. The number of benzene rings is 1. The van der Waals surface area contributed by atoms with Crippen molar-refractivity contribution < 1.29 is 19.3 Å². The van der Waals surface area contributed by atoms with Crippen LogP contribution in [0.4, 0.5) is 4.39 Å². The minimum Gasteiger partial charge on any atom is -0.508 e. The molecule has 3 nitrogen and oxygen atoms in total. The van der Waals surface area contributed by atoms with Crippen LogP contribution < -0.4 is 0 Å². The van der Waals surface area contributed by atoms with Gasteiger partial charge in [-0.2, -0.15) is 0 Å². The Morgan fingerprint density at radius 3 is 2.66 bits per heavy atom. The first-order valence-corrected chi connectivity index (χ1v) is 14.3. The molecule has 0 amide bonds. The summed E-state index contributed by atoms with van der Waals surface area (Å²) < 4.78 is 21.4. The zero-order chi connectivity index (χ0) is 21.2. The van der Waals surface area contributed by atoms with Crippen LogP contribution in [0.2, 0.25) is 19.6 Å². The molecule has 0 heterocycles. The summed E-state index contributed by atoms with van der Waals surface area (Å²) in [7, 11) is -0.0292. The highest BCUT2D eigenvalue weighted by atomic mass is 28.3. The van der Waals surface area contributed by atoms with Gasteiger partial charge in [0.1, 0.15) is 20.0 Å². The van der Waals surface area contributed by atoms with E-state index in [0.29, 0.717) is 12.8 Å². The number of aryl methyl sites for hydroxylation is 1. The molecule has 5 heteroatoms. The number of rotatable bonds is 1. The topological polar surface area (TPSA) is 49.7 Å². The molecule has 0 saturated heterocycles. The fraction of sp³-hybridized carbons (Fsp3) is 0.667. The van der Waals surface area contributed by atoms with E-state index in [-0.39, 0.29) is 29.6 Å². The van der Waals surface area contributed by atoms with E-state index in [1.54, 1.807) is 13.2 Å². The zero-order valence-electron chi connectivity index (χ0n) is 18.1. The monoisotopic (exact) mass is 416 g/mol. The average molecular weight is 417 g/mol. The number of hydrogen-bond donors (Lipinski definition) is 2. The molecule has 4 rings (SSSR count). The Morgan fingerprint density at radius 1 is 1.28 bits per heavy atom. The van der Waals surface area contributed by atoms with Gasteiger partial charge in [0.25, 0.3) is 0 Å². The maximum atomic E-state index is 15.4. The summed E-state index contributed by atoms with van der Waals surface area (Å²) in [4.78, 5) is 0. The molecule has 7 atom stereocenters. The molecule has 0 bridgehead atoms. The van der Waals surface area contributed by atoms with Crippen LogP contribution in [0.3, 0.4) is 0 Å². The quantitative estimate of drug-likeness (QED) is 0.526. The van der Waals surface area contributed by atoms with Crippen molar-refractivity contribution in [1.29, 1.82) is 0 Å². The summed E-state index contributed by atoms with van der Waals surface area (Å²) in [6.45, 7) is 8.39.